The molecule has 0 radical (unpaired) electrons. The van der Waals surface area contributed by atoms with Gasteiger partial charge in [0.15, 0.2) is 5.78 Å². The molecule has 1 aromatic rings. The van der Waals surface area contributed by atoms with Crippen LogP contribution >= 0.6 is 15.9 Å². The number of halogens is 2. The third kappa shape index (κ3) is 4.55. The van der Waals surface area contributed by atoms with Crippen LogP contribution in [0.25, 0.3) is 0 Å². The van der Waals surface area contributed by atoms with Crippen molar-refractivity contribution in [2.75, 3.05) is 12.0 Å². The smallest absolute Gasteiger partial charge is 0.164 e. The molecule has 1 aromatic carbocycles. The van der Waals surface area contributed by atoms with E-state index in [1.54, 1.807) is 0 Å². The summed E-state index contributed by atoms with van der Waals surface area (Å²) in [6, 6.07) is 4.21. The Hall–Kier alpha value is -0.750. The lowest BCUT2D eigenvalue weighted by Crippen LogP contribution is -2.07. The summed E-state index contributed by atoms with van der Waals surface area (Å²) in [5, 5.41) is 0. The first-order valence-corrected chi connectivity index (χ1v) is 7.81. The molecule has 0 N–H and O–H groups in total. The summed E-state index contributed by atoms with van der Waals surface area (Å²) >= 11 is 3.00. The van der Waals surface area contributed by atoms with Crippen LogP contribution in [0.5, 0.6) is 0 Å². The molecule has 6 heteroatoms. The molecule has 0 bridgehead atoms. The zero-order valence-corrected chi connectivity index (χ0v) is 11.6. The van der Waals surface area contributed by atoms with Crippen molar-refractivity contribution < 1.29 is 17.6 Å². The Morgan fingerprint density at radius 3 is 2.65 bits per heavy atom. The Balaban J connectivity index is 2.68. The first-order chi connectivity index (χ1) is 7.81. The summed E-state index contributed by atoms with van der Waals surface area (Å²) in [7, 11) is -3.06. The number of rotatable bonds is 5. The van der Waals surface area contributed by atoms with E-state index in [9.17, 15) is 17.6 Å². The van der Waals surface area contributed by atoms with Crippen LogP contribution in [0.15, 0.2) is 22.7 Å². The summed E-state index contributed by atoms with van der Waals surface area (Å²) in [6.07, 6.45) is 1.46. The van der Waals surface area contributed by atoms with Crippen molar-refractivity contribution in [2.24, 2.45) is 0 Å². The maximum atomic E-state index is 13.2. The number of carbonyl (C=O) groups is 1. The molecule has 94 valence electrons. The second-order valence-corrected chi connectivity index (χ2v) is 6.81. The predicted molar refractivity (Wildman–Crippen MR) is 67.4 cm³/mol. The molecule has 0 heterocycles. The van der Waals surface area contributed by atoms with Crippen molar-refractivity contribution in [1.82, 2.24) is 0 Å². The summed E-state index contributed by atoms with van der Waals surface area (Å²) in [5.74, 6) is -0.801. The summed E-state index contributed by atoms with van der Waals surface area (Å²) in [4.78, 5) is 11.7. The van der Waals surface area contributed by atoms with Gasteiger partial charge in [0, 0.05) is 18.2 Å². The fraction of sp³-hybridized carbons (Fsp3) is 0.364. The minimum Gasteiger partial charge on any atom is -0.294 e. The van der Waals surface area contributed by atoms with E-state index >= 15 is 0 Å². The Labute approximate surface area is 108 Å². The highest BCUT2D eigenvalue weighted by Crippen LogP contribution is 2.22. The van der Waals surface area contributed by atoms with Gasteiger partial charge in [-0.2, -0.15) is 0 Å². The van der Waals surface area contributed by atoms with E-state index in [-0.39, 0.29) is 34.4 Å². The molecule has 0 unspecified atom stereocenters. The molecule has 0 aliphatic heterocycles. The van der Waals surface area contributed by atoms with Crippen LogP contribution in [0.1, 0.15) is 23.2 Å². The fourth-order valence-electron chi connectivity index (χ4n) is 1.35. The number of hydrogen-bond acceptors (Lipinski definition) is 3. The molecule has 0 atom stereocenters. The van der Waals surface area contributed by atoms with E-state index < -0.39 is 15.7 Å². The SMILES string of the molecule is CS(=O)(=O)CCCC(=O)c1cccc(F)c1Br. The van der Waals surface area contributed by atoms with E-state index in [0.717, 1.165) is 6.26 Å². The van der Waals surface area contributed by atoms with Gasteiger partial charge in [0.2, 0.25) is 0 Å². The fourth-order valence-corrected chi connectivity index (χ4v) is 2.50. The van der Waals surface area contributed by atoms with Crippen LogP contribution in [-0.2, 0) is 9.84 Å². The molecule has 3 nitrogen and oxygen atoms in total. The van der Waals surface area contributed by atoms with Crippen LogP contribution < -0.4 is 0 Å². The zero-order valence-electron chi connectivity index (χ0n) is 9.24. The molecule has 1 rings (SSSR count). The van der Waals surface area contributed by atoms with E-state index in [2.05, 4.69) is 15.9 Å². The number of hydrogen-bond donors (Lipinski definition) is 0. The van der Waals surface area contributed by atoms with Crippen LogP contribution in [-0.4, -0.2) is 26.2 Å². The second kappa shape index (κ2) is 5.73. The molecular weight excluding hydrogens is 311 g/mol. The van der Waals surface area contributed by atoms with Crippen molar-refractivity contribution in [2.45, 2.75) is 12.8 Å². The van der Waals surface area contributed by atoms with Gasteiger partial charge in [-0.05, 0) is 28.4 Å². The number of benzene rings is 1. The van der Waals surface area contributed by atoms with E-state index in [1.165, 1.54) is 18.2 Å². The maximum Gasteiger partial charge on any atom is 0.164 e. The lowest BCUT2D eigenvalue weighted by Gasteiger charge is -2.04. The Morgan fingerprint density at radius 2 is 2.06 bits per heavy atom. The molecular formula is C11H12BrFO3S. The van der Waals surface area contributed by atoms with Gasteiger partial charge in [0.25, 0.3) is 0 Å². The first kappa shape index (κ1) is 14.3. The number of ketones is 1. The van der Waals surface area contributed by atoms with Crippen molar-refractivity contribution in [3.8, 4) is 0 Å². The first-order valence-electron chi connectivity index (χ1n) is 4.96. The topological polar surface area (TPSA) is 51.2 Å². The average molecular weight is 323 g/mol. The van der Waals surface area contributed by atoms with Crippen LogP contribution in [0.3, 0.4) is 0 Å². The van der Waals surface area contributed by atoms with Gasteiger partial charge >= 0.3 is 0 Å². The van der Waals surface area contributed by atoms with Gasteiger partial charge in [0.05, 0.1) is 10.2 Å². The summed E-state index contributed by atoms with van der Waals surface area (Å²) < 4.78 is 35.1. The molecule has 0 aliphatic carbocycles. The third-order valence-electron chi connectivity index (χ3n) is 2.17. The highest BCUT2D eigenvalue weighted by molar-refractivity contribution is 9.10. The number of carbonyl (C=O) groups excluding carboxylic acids is 1. The van der Waals surface area contributed by atoms with Crippen LogP contribution in [0, 0.1) is 5.82 Å². The summed E-state index contributed by atoms with van der Waals surface area (Å²) in [5.41, 5.74) is 0.249. The Morgan fingerprint density at radius 1 is 1.41 bits per heavy atom. The lowest BCUT2D eigenvalue weighted by atomic mass is 10.1. The van der Waals surface area contributed by atoms with E-state index in [4.69, 9.17) is 0 Å². The molecule has 0 fully saturated rings. The van der Waals surface area contributed by atoms with Crippen molar-refractivity contribution >= 4 is 31.6 Å². The standard InChI is InChI=1S/C11H12BrFO3S/c1-17(15,16)7-3-6-10(14)8-4-2-5-9(13)11(8)12/h2,4-5H,3,6-7H2,1H3. The van der Waals surface area contributed by atoms with E-state index in [1.807, 2.05) is 0 Å². The molecule has 0 aromatic heterocycles. The van der Waals surface area contributed by atoms with Gasteiger partial charge in [-0.1, -0.05) is 12.1 Å². The zero-order chi connectivity index (χ0) is 13.1. The van der Waals surface area contributed by atoms with E-state index in [0.29, 0.717) is 0 Å². The minimum atomic E-state index is -3.06. The molecule has 0 saturated carbocycles. The highest BCUT2D eigenvalue weighted by Gasteiger charge is 2.13. The lowest BCUT2D eigenvalue weighted by molar-refractivity contribution is 0.0981. The van der Waals surface area contributed by atoms with Gasteiger partial charge in [0.1, 0.15) is 15.7 Å². The van der Waals surface area contributed by atoms with Crippen LogP contribution in [0.2, 0.25) is 0 Å². The highest BCUT2D eigenvalue weighted by atomic mass is 79.9. The Bertz CT molecular complexity index is 526. The monoisotopic (exact) mass is 322 g/mol. The third-order valence-corrected chi connectivity index (χ3v) is 4.01. The summed E-state index contributed by atoms with van der Waals surface area (Å²) in [6.45, 7) is 0. The molecule has 0 amide bonds. The van der Waals surface area contributed by atoms with Gasteiger partial charge in [-0.25, -0.2) is 12.8 Å². The van der Waals surface area contributed by atoms with Gasteiger partial charge < -0.3 is 0 Å². The van der Waals surface area contributed by atoms with Crippen LogP contribution in [0.4, 0.5) is 4.39 Å². The van der Waals surface area contributed by atoms with Crippen molar-refractivity contribution in [1.29, 1.82) is 0 Å². The normalized spacial score (nSPS) is 11.5. The molecule has 0 saturated heterocycles. The Kier molecular flexibility index (Phi) is 4.82. The predicted octanol–water partition coefficient (Wildman–Crippen LogP) is 2.60. The second-order valence-electron chi connectivity index (χ2n) is 3.76. The molecule has 0 spiro atoms. The van der Waals surface area contributed by atoms with Crippen molar-refractivity contribution in [3.05, 3.63) is 34.1 Å². The number of Topliss-reactive ketones (excluding diaryl/α,β-unsaturated/α-hetero) is 1. The maximum absolute atomic E-state index is 13.2. The quantitative estimate of drug-likeness (QED) is 0.783. The van der Waals surface area contributed by atoms with Crippen molar-refractivity contribution in [3.63, 3.8) is 0 Å². The minimum absolute atomic E-state index is 0.0360. The number of sulfone groups is 1. The largest absolute Gasteiger partial charge is 0.294 e. The molecule has 17 heavy (non-hydrogen) atoms. The van der Waals surface area contributed by atoms with Gasteiger partial charge in [-0.15, -0.1) is 0 Å². The average Bonchev–Trinajstić information content (AvgIpc) is 2.20. The van der Waals surface area contributed by atoms with Gasteiger partial charge in [-0.3, -0.25) is 4.79 Å². The molecule has 0 aliphatic rings.